The highest BCUT2D eigenvalue weighted by Crippen LogP contribution is 2.54. The van der Waals surface area contributed by atoms with Crippen LogP contribution in [0.4, 0.5) is 34.1 Å². The zero-order valence-electron chi connectivity index (χ0n) is 52.1. The molecule has 4 heteroatoms. The number of fused-ring (bicyclic) bond motifs is 7. The molecule has 0 saturated heterocycles. The minimum absolute atomic E-state index is 0.0664. The molecule has 0 amide bonds. The van der Waals surface area contributed by atoms with Crippen molar-refractivity contribution in [3.8, 4) is 72.4 Å². The van der Waals surface area contributed by atoms with Crippen LogP contribution in [0.25, 0.3) is 94.3 Å². The van der Waals surface area contributed by atoms with Crippen molar-refractivity contribution in [1.82, 2.24) is 4.57 Å². The van der Waals surface area contributed by atoms with Crippen LogP contribution in [0.1, 0.15) is 31.8 Å². The molecule has 1 aromatic heterocycles. The van der Waals surface area contributed by atoms with Gasteiger partial charge in [0.2, 0.25) is 0 Å². The normalized spacial score (nSPS) is 13.2. The van der Waals surface area contributed by atoms with Gasteiger partial charge >= 0.3 is 0 Å². The maximum absolute atomic E-state index is 10.0. The molecule has 16 rings (SSSR count). The molecular formula is C82H60BN3. The number of hydrogen-bond donors (Lipinski definition) is 0. The molecule has 14 aromatic rings. The molecule has 0 aliphatic carbocycles. The average Bonchev–Trinajstić information content (AvgIpc) is 0.917. The van der Waals surface area contributed by atoms with Gasteiger partial charge in [-0.3, -0.25) is 0 Å². The first kappa shape index (κ1) is 46.8. The summed E-state index contributed by atoms with van der Waals surface area (Å²) in [5, 5.41) is 1.25. The lowest BCUT2D eigenvalue weighted by molar-refractivity contribution is 0.591. The molecule has 406 valence electrons. The Kier molecular flexibility index (Phi) is 11.2. The molecule has 0 saturated carbocycles. The third kappa shape index (κ3) is 8.43. The monoisotopic (exact) mass is 1100 g/mol. The summed E-state index contributed by atoms with van der Waals surface area (Å²) in [6.07, 6.45) is 0. The van der Waals surface area contributed by atoms with E-state index in [1.165, 1.54) is 0 Å². The minimum atomic E-state index is -0.341. The van der Waals surface area contributed by atoms with E-state index in [9.17, 15) is 5.48 Å². The van der Waals surface area contributed by atoms with Gasteiger partial charge in [0.1, 0.15) is 0 Å². The second-order valence-corrected chi connectivity index (χ2v) is 23.7. The fraction of sp³-hybridized carbons (Fsp3) is 0.0488. The summed E-state index contributed by atoms with van der Waals surface area (Å²) < 4.78 is 40.6. The fourth-order valence-electron chi connectivity index (χ4n) is 13.6. The van der Waals surface area contributed by atoms with Gasteiger partial charge in [0.15, 0.2) is 0 Å². The molecule has 0 radical (unpaired) electrons. The molecule has 0 fully saturated rings. The van der Waals surface area contributed by atoms with Crippen molar-refractivity contribution in [1.29, 1.82) is 0 Å². The molecule has 3 nitrogen and oxygen atoms in total. The Morgan fingerprint density at radius 3 is 1.13 bits per heavy atom. The summed E-state index contributed by atoms with van der Waals surface area (Å²) >= 11 is 0. The fourth-order valence-corrected chi connectivity index (χ4v) is 13.6. The SMILES string of the molecule is [2H]c1c([2H])c([2H])c2c(c1[2H])c1cc(C(C)(C)C)ccc1n2-c1cc2c3c(c1)N(c1c(-c4ccccc4)cccc1-c1ccccc1)c1ccc(-c4ccccc4)cc1B3c1cc(-c3ccccc3)ccc1N2c1c(-c2ccccc2)cccc1-c1ccccc1. The van der Waals surface area contributed by atoms with E-state index >= 15 is 0 Å². The van der Waals surface area contributed by atoms with Crippen molar-refractivity contribution < 1.29 is 5.48 Å². The molecule has 13 aromatic carbocycles. The zero-order valence-corrected chi connectivity index (χ0v) is 48.1. The van der Waals surface area contributed by atoms with E-state index in [-0.39, 0.29) is 36.3 Å². The van der Waals surface area contributed by atoms with Crippen LogP contribution in [0.15, 0.2) is 309 Å². The number of nitrogens with zero attached hydrogens (tertiary/aromatic N) is 3. The van der Waals surface area contributed by atoms with Gasteiger partial charge in [-0.25, -0.2) is 0 Å². The molecule has 2 aliphatic rings. The predicted octanol–water partition coefficient (Wildman–Crippen LogP) is 20.2. The van der Waals surface area contributed by atoms with E-state index < -0.39 is 0 Å². The summed E-state index contributed by atoms with van der Waals surface area (Å²) in [5.74, 6) is 0. The van der Waals surface area contributed by atoms with Crippen LogP contribution in [-0.4, -0.2) is 11.3 Å². The summed E-state index contributed by atoms with van der Waals surface area (Å²) in [5.41, 5.74) is 25.0. The molecule has 0 unspecified atom stereocenters. The van der Waals surface area contributed by atoms with Gasteiger partial charge in [-0.05, 0) is 114 Å². The number of rotatable bonds is 9. The Morgan fingerprint density at radius 1 is 0.326 bits per heavy atom. The zero-order chi connectivity index (χ0) is 60.9. The van der Waals surface area contributed by atoms with Gasteiger partial charge in [-0.2, -0.15) is 0 Å². The van der Waals surface area contributed by atoms with Gasteiger partial charge in [0.05, 0.1) is 33.6 Å². The Hall–Kier alpha value is -10.7. The molecular weight excluding hydrogens is 1040 g/mol. The first-order valence-corrected chi connectivity index (χ1v) is 29.7. The number of anilines is 6. The number of aromatic nitrogens is 1. The largest absolute Gasteiger partial charge is 0.310 e. The number of para-hydroxylation sites is 3. The van der Waals surface area contributed by atoms with Crippen molar-refractivity contribution in [2.75, 3.05) is 9.80 Å². The Labute approximate surface area is 509 Å². The van der Waals surface area contributed by atoms with Crippen LogP contribution in [0.5, 0.6) is 0 Å². The number of benzene rings is 13. The van der Waals surface area contributed by atoms with Crippen LogP contribution in [-0.2, 0) is 5.41 Å². The summed E-state index contributed by atoms with van der Waals surface area (Å²) in [6.45, 7) is 6.22. The van der Waals surface area contributed by atoms with Crippen molar-refractivity contribution >= 4 is 79.0 Å². The maximum Gasteiger partial charge on any atom is 0.252 e. The van der Waals surface area contributed by atoms with Crippen molar-refractivity contribution in [2.24, 2.45) is 0 Å². The quantitative estimate of drug-likeness (QED) is 0.133. The smallest absolute Gasteiger partial charge is 0.252 e. The van der Waals surface area contributed by atoms with Crippen molar-refractivity contribution in [2.45, 2.75) is 26.2 Å². The minimum Gasteiger partial charge on any atom is -0.310 e. The average molecular weight is 1100 g/mol. The standard InChI is InChI=1S/C82H60BN3/c1-82(2,3)63-46-49-74-70(52-63)69-38-22-23-43-73(69)84(74)64-53-77-79-78(54-64)86(81-67(59-34-18-8-19-35-59)41-25-42-68(81)60-36-20-9-21-37-60)76-48-45-62(56-28-12-5-13-29-56)51-72(76)83(79)71-50-61(55-26-10-4-11-27-55)44-47-75(71)85(77)80-65(57-30-14-6-15-31-57)39-24-40-66(80)58-32-16-7-17-33-58/h4-54H,1-3H3/i22D,23D,38D,43D. The third-order valence-corrected chi connectivity index (χ3v) is 17.6. The molecule has 0 spiro atoms. The van der Waals surface area contributed by atoms with Gasteiger partial charge in [-0.1, -0.05) is 288 Å². The summed E-state index contributed by atoms with van der Waals surface area (Å²) in [7, 11) is 0. The van der Waals surface area contributed by atoms with E-state index in [1.54, 1.807) is 0 Å². The second-order valence-electron chi connectivity index (χ2n) is 23.7. The van der Waals surface area contributed by atoms with E-state index in [4.69, 9.17) is 0 Å². The molecule has 3 heterocycles. The van der Waals surface area contributed by atoms with Crippen LogP contribution in [0, 0.1) is 0 Å². The van der Waals surface area contributed by atoms with Gasteiger partial charge < -0.3 is 14.4 Å². The Morgan fingerprint density at radius 2 is 0.721 bits per heavy atom. The maximum atomic E-state index is 10.0. The van der Waals surface area contributed by atoms with E-state index in [0.717, 1.165) is 139 Å². The summed E-state index contributed by atoms with van der Waals surface area (Å²) in [6, 6.07) is 102. The van der Waals surface area contributed by atoms with Crippen LogP contribution in [0.2, 0.25) is 0 Å². The summed E-state index contributed by atoms with van der Waals surface area (Å²) in [4.78, 5) is 5.06. The highest BCUT2D eigenvalue weighted by Gasteiger charge is 2.46. The van der Waals surface area contributed by atoms with Gasteiger partial charge in [-0.15, -0.1) is 0 Å². The Bertz CT molecular complexity index is 4790. The Balaban J connectivity index is 1.13. The van der Waals surface area contributed by atoms with Crippen LogP contribution >= 0.6 is 0 Å². The lowest BCUT2D eigenvalue weighted by atomic mass is 9.33. The first-order chi connectivity index (χ1) is 44.0. The predicted molar refractivity (Wildman–Crippen MR) is 366 cm³/mol. The molecule has 86 heavy (non-hydrogen) atoms. The molecule has 0 atom stereocenters. The van der Waals surface area contributed by atoms with Crippen LogP contribution in [0.3, 0.4) is 0 Å². The van der Waals surface area contributed by atoms with E-state index in [0.29, 0.717) is 10.9 Å². The van der Waals surface area contributed by atoms with Crippen molar-refractivity contribution in [3.05, 3.63) is 315 Å². The highest BCUT2D eigenvalue weighted by molar-refractivity contribution is 7.00. The van der Waals surface area contributed by atoms with Crippen LogP contribution < -0.4 is 26.2 Å². The topological polar surface area (TPSA) is 11.4 Å². The molecule has 2 aliphatic heterocycles. The molecule has 0 N–H and O–H groups in total. The number of hydrogen-bond acceptors (Lipinski definition) is 2. The van der Waals surface area contributed by atoms with Gasteiger partial charge in [0.25, 0.3) is 6.71 Å². The van der Waals surface area contributed by atoms with E-state index in [2.05, 4.69) is 320 Å². The third-order valence-electron chi connectivity index (χ3n) is 17.6. The highest BCUT2D eigenvalue weighted by atomic mass is 15.2. The van der Waals surface area contributed by atoms with E-state index in [1.807, 2.05) is 0 Å². The first-order valence-electron chi connectivity index (χ1n) is 31.7. The van der Waals surface area contributed by atoms with Gasteiger partial charge in [0, 0.05) is 55.8 Å². The van der Waals surface area contributed by atoms with Crippen molar-refractivity contribution in [3.63, 3.8) is 0 Å². The molecule has 0 bridgehead atoms. The second kappa shape index (κ2) is 20.6. The lowest BCUT2D eigenvalue weighted by Crippen LogP contribution is -2.61. The lowest BCUT2D eigenvalue weighted by Gasteiger charge is -2.46.